The molecular weight excluding hydrogens is 254 g/mol. The van der Waals surface area contributed by atoms with Crippen molar-refractivity contribution in [1.29, 1.82) is 0 Å². The van der Waals surface area contributed by atoms with Crippen LogP contribution in [0.1, 0.15) is 29.5 Å². The van der Waals surface area contributed by atoms with Gasteiger partial charge in [-0.05, 0) is 54.7 Å². The molecule has 1 saturated heterocycles. The van der Waals surface area contributed by atoms with Crippen LogP contribution in [0.2, 0.25) is 0 Å². The van der Waals surface area contributed by atoms with Gasteiger partial charge in [-0.15, -0.1) is 0 Å². The molecule has 2 aliphatic heterocycles. The number of hydrogen-bond donors (Lipinski definition) is 1. The third-order valence-electron chi connectivity index (χ3n) is 5.27. The van der Waals surface area contributed by atoms with E-state index in [-0.39, 0.29) is 0 Å². The van der Waals surface area contributed by atoms with Crippen molar-refractivity contribution in [3.8, 4) is 0 Å². The van der Waals surface area contributed by atoms with E-state index in [2.05, 4.69) is 59.9 Å². The van der Waals surface area contributed by atoms with E-state index < -0.39 is 0 Å². The zero-order valence-corrected chi connectivity index (χ0v) is 12.5. The number of rotatable bonds is 2. The summed E-state index contributed by atoms with van der Waals surface area (Å²) in [6, 6.07) is 21.3. The van der Waals surface area contributed by atoms with Gasteiger partial charge in [0.25, 0.3) is 0 Å². The second-order valence-corrected chi connectivity index (χ2v) is 6.67. The minimum absolute atomic E-state index is 0.638. The molecule has 1 nitrogen and oxygen atoms in total. The normalized spacial score (nSPS) is 27.7. The van der Waals surface area contributed by atoms with Crippen molar-refractivity contribution in [1.82, 2.24) is 5.32 Å². The first kappa shape index (κ1) is 13.1. The van der Waals surface area contributed by atoms with E-state index in [4.69, 9.17) is 0 Å². The molecule has 2 aromatic carbocycles. The molecule has 1 heteroatoms. The molecule has 0 saturated carbocycles. The van der Waals surface area contributed by atoms with Crippen LogP contribution in [0.3, 0.4) is 0 Å². The lowest BCUT2D eigenvalue weighted by Crippen LogP contribution is -2.51. The number of nitrogens with one attached hydrogen (secondary N) is 1. The highest BCUT2D eigenvalue weighted by atomic mass is 15.0. The fourth-order valence-electron chi connectivity index (χ4n) is 4.14. The molecule has 0 unspecified atom stereocenters. The summed E-state index contributed by atoms with van der Waals surface area (Å²) in [5.74, 6) is 0.780. The summed E-state index contributed by atoms with van der Waals surface area (Å²) in [4.78, 5) is 0. The molecule has 0 spiro atoms. The van der Waals surface area contributed by atoms with Crippen LogP contribution in [0.25, 0.3) is 0 Å². The summed E-state index contributed by atoms with van der Waals surface area (Å²) < 4.78 is 0. The third-order valence-corrected chi connectivity index (χ3v) is 5.27. The number of fused-ring (bicyclic) bond motifs is 2. The first-order valence-electron chi connectivity index (χ1n) is 8.25. The second-order valence-electron chi connectivity index (χ2n) is 6.67. The van der Waals surface area contributed by atoms with Crippen LogP contribution in [-0.4, -0.2) is 12.1 Å². The number of hydrogen-bond acceptors (Lipinski definition) is 1. The van der Waals surface area contributed by atoms with Crippen molar-refractivity contribution in [2.24, 2.45) is 5.92 Å². The predicted molar refractivity (Wildman–Crippen MR) is 87.4 cm³/mol. The Morgan fingerprint density at radius 3 is 2.33 bits per heavy atom. The lowest BCUT2D eigenvalue weighted by molar-refractivity contribution is 0.217. The smallest absolute Gasteiger partial charge is 0.0142 e. The summed E-state index contributed by atoms with van der Waals surface area (Å²) in [5, 5.41) is 3.94. The highest BCUT2D eigenvalue weighted by Crippen LogP contribution is 2.32. The Bertz CT molecular complexity index is 604. The van der Waals surface area contributed by atoms with E-state index in [0.29, 0.717) is 12.1 Å². The Kier molecular flexibility index (Phi) is 3.52. The van der Waals surface area contributed by atoms with Crippen molar-refractivity contribution in [3.05, 3.63) is 71.3 Å². The zero-order valence-electron chi connectivity index (χ0n) is 12.5. The highest BCUT2D eigenvalue weighted by Gasteiger charge is 2.32. The molecule has 0 radical (unpaired) electrons. The molecule has 3 atom stereocenters. The van der Waals surface area contributed by atoms with Gasteiger partial charge in [-0.2, -0.15) is 0 Å². The standard InChI is InChI=1S/C20H23N/c1-2-6-15(7-3-1)12-20-18-10-11-19(21-20)14-17-9-5-4-8-16(17)13-18/h1-9,18-21H,10-14H2/t18-,19+,20-/m0/s1. The quantitative estimate of drug-likeness (QED) is 0.881. The molecule has 0 aromatic heterocycles. The van der Waals surface area contributed by atoms with Gasteiger partial charge in [-0.25, -0.2) is 0 Å². The van der Waals surface area contributed by atoms with Crippen LogP contribution in [0.15, 0.2) is 54.6 Å². The SMILES string of the molecule is c1ccc(C[C@@H]2N[C@@H]3CC[C@H]2Cc2ccccc2C3)cc1. The molecule has 1 fully saturated rings. The van der Waals surface area contributed by atoms with Crippen LogP contribution < -0.4 is 5.32 Å². The van der Waals surface area contributed by atoms with Gasteiger partial charge in [0, 0.05) is 12.1 Å². The van der Waals surface area contributed by atoms with Gasteiger partial charge in [-0.3, -0.25) is 0 Å². The lowest BCUT2D eigenvalue weighted by Gasteiger charge is -2.41. The topological polar surface area (TPSA) is 12.0 Å². The van der Waals surface area contributed by atoms with E-state index >= 15 is 0 Å². The van der Waals surface area contributed by atoms with Crippen LogP contribution >= 0.6 is 0 Å². The van der Waals surface area contributed by atoms with Crippen molar-refractivity contribution in [2.45, 2.75) is 44.2 Å². The zero-order chi connectivity index (χ0) is 14.1. The molecule has 1 N–H and O–H groups in total. The van der Waals surface area contributed by atoms with E-state index in [1.807, 2.05) is 0 Å². The van der Waals surface area contributed by atoms with E-state index in [1.165, 1.54) is 37.7 Å². The Labute approximate surface area is 127 Å². The molecule has 108 valence electrons. The summed E-state index contributed by atoms with van der Waals surface area (Å²) in [7, 11) is 0. The maximum atomic E-state index is 3.94. The molecule has 1 aliphatic carbocycles. The van der Waals surface area contributed by atoms with Crippen molar-refractivity contribution in [3.63, 3.8) is 0 Å². The van der Waals surface area contributed by atoms with Crippen LogP contribution in [-0.2, 0) is 19.3 Å². The molecule has 2 bridgehead atoms. The van der Waals surface area contributed by atoms with E-state index in [1.54, 1.807) is 11.1 Å². The van der Waals surface area contributed by atoms with Gasteiger partial charge in [0.15, 0.2) is 0 Å². The van der Waals surface area contributed by atoms with Crippen molar-refractivity contribution < 1.29 is 0 Å². The Morgan fingerprint density at radius 1 is 0.810 bits per heavy atom. The predicted octanol–water partition coefficient (Wildman–Crippen LogP) is 3.76. The lowest BCUT2D eigenvalue weighted by atomic mass is 9.75. The average Bonchev–Trinajstić information content (AvgIpc) is 2.49. The van der Waals surface area contributed by atoms with E-state index in [0.717, 1.165) is 5.92 Å². The third kappa shape index (κ3) is 2.75. The highest BCUT2D eigenvalue weighted by molar-refractivity contribution is 5.30. The Balaban J connectivity index is 1.59. The number of benzene rings is 2. The van der Waals surface area contributed by atoms with Gasteiger partial charge < -0.3 is 5.32 Å². The van der Waals surface area contributed by atoms with Gasteiger partial charge in [0.2, 0.25) is 0 Å². The second kappa shape index (κ2) is 5.65. The van der Waals surface area contributed by atoms with Crippen LogP contribution in [0.4, 0.5) is 0 Å². The Morgan fingerprint density at radius 2 is 1.52 bits per heavy atom. The Hall–Kier alpha value is -1.60. The molecule has 3 aliphatic rings. The van der Waals surface area contributed by atoms with Crippen LogP contribution in [0.5, 0.6) is 0 Å². The van der Waals surface area contributed by atoms with Crippen molar-refractivity contribution >= 4 is 0 Å². The maximum Gasteiger partial charge on any atom is 0.0142 e. The molecule has 2 aromatic rings. The summed E-state index contributed by atoms with van der Waals surface area (Å²) in [5.41, 5.74) is 4.62. The minimum Gasteiger partial charge on any atom is -0.310 e. The summed E-state index contributed by atoms with van der Waals surface area (Å²) in [6.45, 7) is 0. The summed E-state index contributed by atoms with van der Waals surface area (Å²) >= 11 is 0. The largest absolute Gasteiger partial charge is 0.310 e. The minimum atomic E-state index is 0.638. The fraction of sp³-hybridized carbons (Fsp3) is 0.400. The van der Waals surface area contributed by atoms with Crippen LogP contribution in [0, 0.1) is 5.92 Å². The molecular formula is C20H23N. The monoisotopic (exact) mass is 277 g/mol. The molecule has 5 rings (SSSR count). The summed E-state index contributed by atoms with van der Waals surface area (Å²) in [6.07, 6.45) is 6.33. The molecule has 0 amide bonds. The van der Waals surface area contributed by atoms with Gasteiger partial charge in [0.05, 0.1) is 0 Å². The maximum absolute atomic E-state index is 3.94. The number of piperidine rings is 1. The fourth-order valence-corrected chi connectivity index (χ4v) is 4.14. The molecule has 21 heavy (non-hydrogen) atoms. The average molecular weight is 277 g/mol. The van der Waals surface area contributed by atoms with Gasteiger partial charge >= 0.3 is 0 Å². The molecule has 2 heterocycles. The first-order valence-corrected chi connectivity index (χ1v) is 8.25. The van der Waals surface area contributed by atoms with E-state index in [9.17, 15) is 0 Å². The van der Waals surface area contributed by atoms with Crippen molar-refractivity contribution in [2.75, 3.05) is 0 Å². The van der Waals surface area contributed by atoms with Gasteiger partial charge in [-0.1, -0.05) is 54.6 Å². The first-order chi connectivity index (χ1) is 10.4. The van der Waals surface area contributed by atoms with Gasteiger partial charge in [0.1, 0.15) is 0 Å².